The van der Waals surface area contributed by atoms with Crippen LogP contribution in [0.25, 0.3) is 0 Å². The first-order valence-electron chi connectivity index (χ1n) is 13.3. The van der Waals surface area contributed by atoms with Gasteiger partial charge in [0.25, 0.3) is 0 Å². The first-order chi connectivity index (χ1) is 16.8. The lowest BCUT2D eigenvalue weighted by Crippen LogP contribution is -2.21. The second-order valence-corrected chi connectivity index (χ2v) is 8.15. The molecular weight excluding hydrogens is 455 g/mol. The van der Waals surface area contributed by atoms with Gasteiger partial charge in [-0.2, -0.15) is 0 Å². The van der Waals surface area contributed by atoms with Gasteiger partial charge in [-0.3, -0.25) is 4.79 Å². The van der Waals surface area contributed by atoms with Crippen LogP contribution in [0, 0.1) is 0 Å². The van der Waals surface area contributed by atoms with Gasteiger partial charge < -0.3 is 46.5 Å². The monoisotopic (exact) mass is 512 g/mol. The molecule has 0 atom stereocenters. The summed E-state index contributed by atoms with van der Waals surface area (Å²) in [6.45, 7) is 4.16. The van der Waals surface area contributed by atoms with Gasteiger partial charge in [0.15, 0.2) is 0 Å². The average Bonchev–Trinajstić information content (AvgIpc) is 2.82. The first-order valence-corrected chi connectivity index (χ1v) is 13.3. The highest BCUT2D eigenvalue weighted by Gasteiger charge is 1.97. The zero-order chi connectivity index (χ0) is 27.4. The third-order valence-electron chi connectivity index (χ3n) is 4.70. The summed E-state index contributed by atoms with van der Waals surface area (Å²) in [6.07, 6.45) is 20.2. The molecule has 0 aromatic carbocycles. The molecule has 0 aliphatic rings. The fourth-order valence-corrected chi connectivity index (χ4v) is 2.93. The average molecular weight is 513 g/mol. The Morgan fingerprint density at radius 2 is 0.943 bits per heavy atom. The van der Waals surface area contributed by atoms with Crippen molar-refractivity contribution in [2.24, 2.45) is 5.73 Å². The molecule has 0 aliphatic carbocycles. The molecule has 214 valence electrons. The quantitative estimate of drug-likeness (QED) is 0.0807. The van der Waals surface area contributed by atoms with Crippen LogP contribution in [0.1, 0.15) is 110 Å². The van der Waals surface area contributed by atoms with Gasteiger partial charge in [0.1, 0.15) is 0 Å². The lowest BCUT2D eigenvalue weighted by atomic mass is 10.0. The van der Waals surface area contributed by atoms with E-state index in [1.807, 2.05) is 0 Å². The topological polar surface area (TPSA) is 197 Å². The molecule has 0 saturated carbocycles. The molecule has 0 aromatic heterocycles. The number of nitrogens with two attached hydrogens (primary N) is 1. The maximum Gasteiger partial charge on any atom is 0.631 e. The summed E-state index contributed by atoms with van der Waals surface area (Å²) >= 11 is 0. The van der Waals surface area contributed by atoms with Gasteiger partial charge in [-0.15, -0.1) is 0 Å². The van der Waals surface area contributed by atoms with Crippen molar-refractivity contribution in [1.82, 2.24) is 5.32 Å². The molecule has 0 rings (SSSR count). The highest BCUT2D eigenvalue weighted by Crippen LogP contribution is 2.13. The van der Waals surface area contributed by atoms with E-state index in [0.29, 0.717) is 26.1 Å². The predicted molar refractivity (Wildman–Crippen MR) is 143 cm³/mol. The van der Waals surface area contributed by atoms with Crippen LogP contribution in [0.2, 0.25) is 0 Å². The van der Waals surface area contributed by atoms with E-state index < -0.39 is 13.3 Å². The fourth-order valence-electron chi connectivity index (χ4n) is 2.93. The number of aliphatic carboxylic acids is 1. The van der Waals surface area contributed by atoms with E-state index >= 15 is 0 Å². The molecule has 0 bridgehead atoms. The van der Waals surface area contributed by atoms with Crippen molar-refractivity contribution in [2.75, 3.05) is 39.5 Å². The number of hydrogen-bond acceptors (Lipinski definition) is 9. The smallest absolute Gasteiger partial charge is 0.481 e. The minimum Gasteiger partial charge on any atom is -0.481 e. The van der Waals surface area contributed by atoms with Gasteiger partial charge >= 0.3 is 13.3 Å². The second kappa shape index (κ2) is 43.3. The second-order valence-electron chi connectivity index (χ2n) is 8.15. The van der Waals surface area contributed by atoms with E-state index in [2.05, 4.69) is 12.2 Å². The molecule has 10 nitrogen and oxygen atoms in total. The van der Waals surface area contributed by atoms with Crippen molar-refractivity contribution < 1.29 is 40.3 Å². The highest BCUT2D eigenvalue weighted by molar-refractivity contribution is 6.30. The maximum absolute atomic E-state index is 10.3. The number of aliphatic hydroxyl groups is 3. The molecule has 0 saturated heterocycles. The van der Waals surface area contributed by atoms with E-state index in [9.17, 15) is 4.79 Å². The van der Waals surface area contributed by atoms with E-state index in [-0.39, 0.29) is 19.8 Å². The molecule has 10 N–H and O–H groups in total. The normalized spacial score (nSPS) is 9.71. The van der Waals surface area contributed by atoms with Crippen LogP contribution in [0.15, 0.2) is 0 Å². The highest BCUT2D eigenvalue weighted by atomic mass is 16.5. The van der Waals surface area contributed by atoms with Gasteiger partial charge in [0, 0.05) is 26.1 Å². The van der Waals surface area contributed by atoms with E-state index in [1.54, 1.807) is 0 Å². The zero-order valence-electron chi connectivity index (χ0n) is 22.2. The van der Waals surface area contributed by atoms with Gasteiger partial charge in [0.05, 0.1) is 19.8 Å². The Hall–Kier alpha value is -0.785. The number of aliphatic hydroxyl groups excluding tert-OH is 3. The number of unbranched alkanes of at least 4 members (excludes halogenated alkanes) is 14. The molecule has 0 heterocycles. The van der Waals surface area contributed by atoms with Crippen molar-refractivity contribution in [3.63, 3.8) is 0 Å². The molecule has 11 heteroatoms. The number of carbonyl (C=O) groups is 1. The first kappa shape index (κ1) is 41.3. The molecular formula is C24H57BN2O8. The third kappa shape index (κ3) is 71.9. The largest absolute Gasteiger partial charge is 0.631 e. The van der Waals surface area contributed by atoms with Crippen LogP contribution in [-0.2, 0) is 4.79 Å². The standard InChI is InChI=1S/C18H36O2.C4H11NO2.C2H7NO.BH3O3/c1-2-3-4-5-6-7-8-9-10-11-12-13-14-15-16-17-18(19)20;6-3-1-5-2-4-7;3-1-2-4;2-1(3)4/h2-17H2,1H3,(H,19,20);5-7H,1-4H2;4H,1-3H2;2-4H. The van der Waals surface area contributed by atoms with Crippen LogP contribution >= 0.6 is 0 Å². The molecule has 0 radical (unpaired) electrons. The Morgan fingerprint density at radius 3 is 1.17 bits per heavy atom. The number of nitrogens with one attached hydrogen (secondary N) is 1. The minimum absolute atomic E-state index is 0.0972. The Morgan fingerprint density at radius 1 is 0.657 bits per heavy atom. The van der Waals surface area contributed by atoms with Crippen LogP contribution in [0.3, 0.4) is 0 Å². The van der Waals surface area contributed by atoms with Gasteiger partial charge in [-0.25, -0.2) is 0 Å². The van der Waals surface area contributed by atoms with E-state index in [1.165, 1.54) is 83.5 Å². The number of rotatable bonds is 21. The van der Waals surface area contributed by atoms with Crippen molar-refractivity contribution in [1.29, 1.82) is 0 Å². The van der Waals surface area contributed by atoms with Gasteiger partial charge in [-0.1, -0.05) is 96.8 Å². The summed E-state index contributed by atoms with van der Waals surface area (Å²) in [5.41, 5.74) is 4.78. The number of hydrogen-bond donors (Lipinski definition) is 9. The fraction of sp³-hybridized carbons (Fsp3) is 0.958. The van der Waals surface area contributed by atoms with Crippen LogP contribution in [0.4, 0.5) is 0 Å². The molecule has 0 unspecified atom stereocenters. The summed E-state index contributed by atoms with van der Waals surface area (Å²) in [7, 11) is -2.17. The molecule has 0 fully saturated rings. The van der Waals surface area contributed by atoms with E-state index in [4.69, 9.17) is 41.2 Å². The lowest BCUT2D eigenvalue weighted by Gasteiger charge is -2.03. The Bertz CT molecular complexity index is 349. The molecule has 0 aliphatic heterocycles. The molecule has 35 heavy (non-hydrogen) atoms. The summed E-state index contributed by atoms with van der Waals surface area (Å²) in [5.74, 6) is -0.653. The molecule has 0 spiro atoms. The Balaban J connectivity index is -0.000000260. The Kier molecular flexibility index (Phi) is 51.2. The molecule has 0 amide bonds. The van der Waals surface area contributed by atoms with Crippen LogP contribution in [-0.4, -0.2) is 88.2 Å². The molecule has 0 aromatic rings. The number of carboxylic acids is 1. The minimum atomic E-state index is -2.17. The maximum atomic E-state index is 10.3. The third-order valence-corrected chi connectivity index (χ3v) is 4.70. The summed E-state index contributed by atoms with van der Waals surface area (Å²) < 4.78 is 0. The summed E-state index contributed by atoms with van der Waals surface area (Å²) in [6, 6.07) is 0. The lowest BCUT2D eigenvalue weighted by molar-refractivity contribution is -0.137. The van der Waals surface area contributed by atoms with Gasteiger partial charge in [0.2, 0.25) is 0 Å². The van der Waals surface area contributed by atoms with E-state index in [0.717, 1.165) is 12.8 Å². The Labute approximate surface area is 214 Å². The van der Waals surface area contributed by atoms with Crippen molar-refractivity contribution in [3.8, 4) is 0 Å². The summed E-state index contributed by atoms with van der Waals surface area (Å²) in [5, 5.41) is 56.8. The van der Waals surface area contributed by atoms with Crippen molar-refractivity contribution in [2.45, 2.75) is 110 Å². The van der Waals surface area contributed by atoms with Gasteiger partial charge in [-0.05, 0) is 6.42 Å². The van der Waals surface area contributed by atoms with Crippen molar-refractivity contribution >= 4 is 13.3 Å². The van der Waals surface area contributed by atoms with Crippen LogP contribution in [0.5, 0.6) is 0 Å². The van der Waals surface area contributed by atoms with Crippen LogP contribution < -0.4 is 11.1 Å². The SMILES string of the molecule is CCCCCCCCCCCCCCCCCC(=O)O.NCCO.OB(O)O.OCCNCCO. The zero-order valence-corrected chi connectivity index (χ0v) is 22.2. The predicted octanol–water partition coefficient (Wildman–Crippen LogP) is 1.78. The number of carboxylic acid groups (broad SMARTS) is 1. The summed E-state index contributed by atoms with van der Waals surface area (Å²) in [4.78, 5) is 10.3. The van der Waals surface area contributed by atoms with Crippen molar-refractivity contribution in [3.05, 3.63) is 0 Å².